The van der Waals surface area contributed by atoms with Gasteiger partial charge in [-0.2, -0.15) is 0 Å². The number of carbonyl (C=O) groups excluding carboxylic acids is 1. The highest BCUT2D eigenvalue weighted by atomic mass is 16.2. The molecule has 3 heterocycles. The molecule has 1 amide bonds. The number of fused-ring (bicyclic) bond motifs is 1. The maximum atomic E-state index is 11.6. The van der Waals surface area contributed by atoms with Crippen molar-refractivity contribution >= 4 is 22.6 Å². The maximum absolute atomic E-state index is 11.6. The Morgan fingerprint density at radius 2 is 1.96 bits per heavy atom. The number of hydrogen-bond donors (Lipinski definition) is 0. The molecule has 1 atom stereocenters. The van der Waals surface area contributed by atoms with Gasteiger partial charge in [-0.15, -0.1) is 0 Å². The van der Waals surface area contributed by atoms with Gasteiger partial charge in [0.15, 0.2) is 0 Å². The van der Waals surface area contributed by atoms with E-state index in [0.717, 1.165) is 69.0 Å². The molecule has 0 spiro atoms. The van der Waals surface area contributed by atoms with Crippen LogP contribution in [0.1, 0.15) is 26.2 Å². The summed E-state index contributed by atoms with van der Waals surface area (Å²) in [7, 11) is 0. The molecule has 144 valence electrons. The second-order valence-electron chi connectivity index (χ2n) is 7.83. The van der Waals surface area contributed by atoms with E-state index in [1.54, 1.807) is 13.3 Å². The van der Waals surface area contributed by atoms with Crippen LogP contribution in [-0.2, 0) is 4.79 Å². The highest BCUT2D eigenvalue weighted by Crippen LogP contribution is 2.27. The summed E-state index contributed by atoms with van der Waals surface area (Å²) >= 11 is 0. The first-order valence-corrected chi connectivity index (χ1v) is 10.1. The van der Waals surface area contributed by atoms with Crippen molar-refractivity contribution in [2.24, 2.45) is 5.92 Å². The molecule has 4 rings (SSSR count). The molecular formula is C21H29N5O. The Morgan fingerprint density at radius 1 is 1.07 bits per heavy atom. The molecule has 1 aromatic carbocycles. The van der Waals surface area contributed by atoms with E-state index in [2.05, 4.69) is 38.0 Å². The Bertz CT molecular complexity index is 790. The molecule has 0 N–H and O–H groups in total. The number of carbonyl (C=O) groups is 1. The monoisotopic (exact) mass is 367 g/mol. The molecule has 2 fully saturated rings. The number of anilines is 1. The molecule has 0 aliphatic carbocycles. The third-order valence-electron chi connectivity index (χ3n) is 5.89. The minimum absolute atomic E-state index is 0.205. The minimum atomic E-state index is 0.205. The maximum Gasteiger partial charge on any atom is 0.219 e. The average Bonchev–Trinajstić information content (AvgIpc) is 2.93. The van der Waals surface area contributed by atoms with Crippen molar-refractivity contribution in [3.63, 3.8) is 0 Å². The van der Waals surface area contributed by atoms with Crippen molar-refractivity contribution in [1.29, 1.82) is 0 Å². The molecule has 2 aliphatic rings. The number of benzene rings is 1. The first-order chi connectivity index (χ1) is 13.2. The van der Waals surface area contributed by atoms with Crippen LogP contribution in [-0.4, -0.2) is 71.5 Å². The van der Waals surface area contributed by atoms with E-state index in [4.69, 9.17) is 0 Å². The number of nitrogens with zero attached hydrogens (tertiary/aromatic N) is 5. The van der Waals surface area contributed by atoms with Crippen LogP contribution in [0, 0.1) is 5.92 Å². The van der Waals surface area contributed by atoms with E-state index in [0.29, 0.717) is 5.92 Å². The van der Waals surface area contributed by atoms with E-state index in [9.17, 15) is 4.79 Å². The molecule has 6 nitrogen and oxygen atoms in total. The summed E-state index contributed by atoms with van der Waals surface area (Å²) in [6, 6.07) is 8.27. The number of aromatic nitrogens is 2. The predicted octanol–water partition coefficient (Wildman–Crippen LogP) is 2.40. The van der Waals surface area contributed by atoms with Crippen LogP contribution in [0.5, 0.6) is 0 Å². The number of para-hydroxylation sites is 1. The van der Waals surface area contributed by atoms with Gasteiger partial charge in [-0.3, -0.25) is 4.79 Å². The fourth-order valence-corrected chi connectivity index (χ4v) is 4.48. The molecule has 1 aromatic heterocycles. The Labute approximate surface area is 161 Å². The van der Waals surface area contributed by atoms with Gasteiger partial charge in [0.25, 0.3) is 0 Å². The molecule has 0 saturated carbocycles. The lowest BCUT2D eigenvalue weighted by Crippen LogP contribution is -2.42. The zero-order valence-electron chi connectivity index (χ0n) is 16.2. The number of amides is 1. The van der Waals surface area contributed by atoms with Gasteiger partial charge in [-0.05, 0) is 43.9 Å². The lowest BCUT2D eigenvalue weighted by molar-refractivity contribution is -0.128. The number of hydrogen-bond acceptors (Lipinski definition) is 5. The van der Waals surface area contributed by atoms with Crippen LogP contribution in [0.25, 0.3) is 10.9 Å². The summed E-state index contributed by atoms with van der Waals surface area (Å²) in [5.41, 5.74) is 1.02. The third kappa shape index (κ3) is 4.21. The molecule has 2 saturated heterocycles. The van der Waals surface area contributed by atoms with Gasteiger partial charge in [-0.1, -0.05) is 12.1 Å². The summed E-state index contributed by atoms with van der Waals surface area (Å²) in [6.07, 6.45) is 5.24. The van der Waals surface area contributed by atoms with Crippen molar-refractivity contribution in [2.45, 2.75) is 26.2 Å². The lowest BCUT2D eigenvalue weighted by Gasteiger charge is -2.36. The van der Waals surface area contributed by atoms with Crippen molar-refractivity contribution in [3.05, 3.63) is 30.6 Å². The van der Waals surface area contributed by atoms with Crippen LogP contribution in [0.3, 0.4) is 0 Å². The highest BCUT2D eigenvalue weighted by molar-refractivity contribution is 5.89. The third-order valence-corrected chi connectivity index (χ3v) is 5.89. The van der Waals surface area contributed by atoms with Gasteiger partial charge in [0.05, 0.1) is 5.52 Å². The predicted molar refractivity (Wildman–Crippen MR) is 108 cm³/mol. The summed E-state index contributed by atoms with van der Waals surface area (Å²) < 4.78 is 0. The Kier molecular flexibility index (Phi) is 5.53. The zero-order chi connectivity index (χ0) is 18.6. The molecule has 0 radical (unpaired) electrons. The summed E-state index contributed by atoms with van der Waals surface area (Å²) in [4.78, 5) is 27.6. The van der Waals surface area contributed by atoms with E-state index in [1.165, 1.54) is 12.8 Å². The van der Waals surface area contributed by atoms with E-state index in [1.807, 2.05) is 11.0 Å². The van der Waals surface area contributed by atoms with Crippen LogP contribution in [0.4, 0.5) is 5.82 Å². The van der Waals surface area contributed by atoms with Gasteiger partial charge in [0.1, 0.15) is 12.1 Å². The standard InChI is InChI=1S/C21H29N5O/c1-17(27)25-11-5-9-24(12-13-25)14-18-6-4-10-26(15-18)21-19-7-2-3-8-20(19)22-16-23-21/h2-3,7-8,16,18H,4-6,9-15H2,1H3. The lowest BCUT2D eigenvalue weighted by atomic mass is 9.97. The second kappa shape index (κ2) is 8.21. The topological polar surface area (TPSA) is 52.6 Å². The van der Waals surface area contributed by atoms with Crippen molar-refractivity contribution in [1.82, 2.24) is 19.8 Å². The van der Waals surface area contributed by atoms with Crippen LogP contribution < -0.4 is 4.90 Å². The van der Waals surface area contributed by atoms with E-state index in [-0.39, 0.29) is 5.91 Å². The van der Waals surface area contributed by atoms with Crippen LogP contribution >= 0.6 is 0 Å². The molecule has 2 aliphatic heterocycles. The van der Waals surface area contributed by atoms with Crippen molar-refractivity contribution in [2.75, 3.05) is 50.7 Å². The normalized spacial score (nSPS) is 22.0. The smallest absolute Gasteiger partial charge is 0.219 e. The fourth-order valence-electron chi connectivity index (χ4n) is 4.48. The molecule has 6 heteroatoms. The Morgan fingerprint density at radius 3 is 2.85 bits per heavy atom. The fraction of sp³-hybridized carbons (Fsp3) is 0.571. The minimum Gasteiger partial charge on any atom is -0.356 e. The van der Waals surface area contributed by atoms with E-state index < -0.39 is 0 Å². The van der Waals surface area contributed by atoms with Crippen molar-refractivity contribution < 1.29 is 4.79 Å². The van der Waals surface area contributed by atoms with Gasteiger partial charge < -0.3 is 14.7 Å². The first-order valence-electron chi connectivity index (χ1n) is 10.1. The molecule has 27 heavy (non-hydrogen) atoms. The van der Waals surface area contributed by atoms with Gasteiger partial charge in [0.2, 0.25) is 5.91 Å². The van der Waals surface area contributed by atoms with Crippen LogP contribution in [0.2, 0.25) is 0 Å². The molecular weight excluding hydrogens is 338 g/mol. The summed E-state index contributed by atoms with van der Waals surface area (Å²) in [6.45, 7) is 8.76. The Balaban J connectivity index is 1.42. The zero-order valence-corrected chi connectivity index (χ0v) is 16.2. The van der Waals surface area contributed by atoms with E-state index >= 15 is 0 Å². The van der Waals surface area contributed by atoms with Crippen LogP contribution in [0.15, 0.2) is 30.6 Å². The average molecular weight is 367 g/mol. The van der Waals surface area contributed by atoms with Gasteiger partial charge in [0, 0.05) is 51.6 Å². The summed E-state index contributed by atoms with van der Waals surface area (Å²) in [5, 5.41) is 1.15. The summed E-state index contributed by atoms with van der Waals surface area (Å²) in [5.74, 6) is 1.93. The number of rotatable bonds is 3. The highest BCUT2D eigenvalue weighted by Gasteiger charge is 2.25. The van der Waals surface area contributed by atoms with Gasteiger partial charge >= 0.3 is 0 Å². The largest absolute Gasteiger partial charge is 0.356 e. The quantitative estimate of drug-likeness (QED) is 0.834. The second-order valence-corrected chi connectivity index (χ2v) is 7.83. The molecule has 2 aromatic rings. The van der Waals surface area contributed by atoms with Crippen molar-refractivity contribution in [3.8, 4) is 0 Å². The SMILES string of the molecule is CC(=O)N1CCCN(CC2CCCN(c3ncnc4ccccc34)C2)CC1. The first kappa shape index (κ1) is 18.2. The van der Waals surface area contributed by atoms with Gasteiger partial charge in [-0.25, -0.2) is 9.97 Å². The Hall–Kier alpha value is -2.21. The molecule has 0 bridgehead atoms. The molecule has 1 unspecified atom stereocenters. The number of piperidine rings is 1.